The highest BCUT2D eigenvalue weighted by molar-refractivity contribution is 5.68. The first-order chi connectivity index (χ1) is 8.67. The zero-order chi connectivity index (χ0) is 13.4. The second kappa shape index (κ2) is 7.68. The summed E-state index contributed by atoms with van der Waals surface area (Å²) in [5.41, 5.74) is 0.880. The van der Waals surface area contributed by atoms with Gasteiger partial charge < -0.3 is 20.3 Å². The van der Waals surface area contributed by atoms with Gasteiger partial charge in [0.25, 0.3) is 0 Å². The summed E-state index contributed by atoms with van der Waals surface area (Å²) in [5.74, 6) is -0.445. The van der Waals surface area contributed by atoms with Crippen molar-refractivity contribution >= 4 is 5.97 Å². The van der Waals surface area contributed by atoms with Crippen LogP contribution >= 0.6 is 0 Å². The number of carbonyl (C=O) groups is 1. The van der Waals surface area contributed by atoms with E-state index < -0.39 is 5.97 Å². The third-order valence-corrected chi connectivity index (χ3v) is 2.62. The van der Waals surface area contributed by atoms with Crippen molar-refractivity contribution < 1.29 is 19.7 Å². The molecule has 0 saturated carbocycles. The van der Waals surface area contributed by atoms with Crippen molar-refractivity contribution in [3.05, 3.63) is 29.8 Å². The minimum absolute atomic E-state index is 0.0394. The number of aliphatic hydroxyl groups is 1. The van der Waals surface area contributed by atoms with Crippen LogP contribution in [0.5, 0.6) is 5.75 Å². The van der Waals surface area contributed by atoms with Gasteiger partial charge in [-0.1, -0.05) is 25.1 Å². The molecule has 0 heterocycles. The van der Waals surface area contributed by atoms with Crippen LogP contribution in [-0.2, 0) is 11.3 Å². The molecule has 0 bridgehead atoms. The molecule has 1 aromatic carbocycles. The molecule has 0 aromatic heterocycles. The largest absolute Gasteiger partial charge is 0.482 e. The quantitative estimate of drug-likeness (QED) is 0.644. The summed E-state index contributed by atoms with van der Waals surface area (Å²) in [6, 6.07) is 7.31. The molecule has 100 valence electrons. The predicted octanol–water partition coefficient (Wildman–Crippen LogP) is 1.01. The number of aliphatic carboxylic acids is 1. The van der Waals surface area contributed by atoms with Crippen LogP contribution < -0.4 is 10.1 Å². The van der Waals surface area contributed by atoms with E-state index in [1.54, 1.807) is 12.1 Å². The van der Waals surface area contributed by atoms with Gasteiger partial charge in [0, 0.05) is 18.2 Å². The van der Waals surface area contributed by atoms with Crippen LogP contribution in [0.1, 0.15) is 18.9 Å². The molecule has 5 nitrogen and oxygen atoms in total. The van der Waals surface area contributed by atoms with Crippen molar-refractivity contribution in [2.24, 2.45) is 0 Å². The Morgan fingerprint density at radius 3 is 2.78 bits per heavy atom. The van der Waals surface area contributed by atoms with E-state index in [-0.39, 0.29) is 19.3 Å². The third-order valence-electron chi connectivity index (χ3n) is 2.62. The standard InChI is InChI=1S/C13H19NO4/c1-2-11(8-15)14-7-10-5-3-4-6-12(10)18-9-13(16)17/h3-6,11,14-15H,2,7-9H2,1H3,(H,16,17). The summed E-state index contributed by atoms with van der Waals surface area (Å²) in [6.45, 7) is 2.25. The number of para-hydroxylation sites is 1. The van der Waals surface area contributed by atoms with Gasteiger partial charge in [-0.15, -0.1) is 0 Å². The molecule has 1 atom stereocenters. The summed E-state index contributed by atoms with van der Waals surface area (Å²) >= 11 is 0. The molecule has 5 heteroatoms. The molecule has 0 saturated heterocycles. The van der Waals surface area contributed by atoms with Crippen LogP contribution in [0.25, 0.3) is 0 Å². The molecule has 0 spiro atoms. The molecule has 0 fully saturated rings. The Hall–Kier alpha value is -1.59. The maximum absolute atomic E-state index is 10.5. The van der Waals surface area contributed by atoms with E-state index >= 15 is 0 Å². The molecule has 3 N–H and O–H groups in total. The monoisotopic (exact) mass is 253 g/mol. The molecule has 0 aliphatic carbocycles. The van der Waals surface area contributed by atoms with Gasteiger partial charge in [0.1, 0.15) is 5.75 Å². The van der Waals surface area contributed by atoms with Gasteiger partial charge in [0.15, 0.2) is 6.61 Å². The Bertz CT molecular complexity index is 377. The van der Waals surface area contributed by atoms with E-state index in [0.717, 1.165) is 12.0 Å². The maximum Gasteiger partial charge on any atom is 0.341 e. The van der Waals surface area contributed by atoms with E-state index in [1.165, 1.54) is 0 Å². The second-order valence-corrected chi connectivity index (χ2v) is 3.96. The summed E-state index contributed by atoms with van der Waals surface area (Å²) in [7, 11) is 0. The van der Waals surface area contributed by atoms with Crippen LogP contribution in [0.3, 0.4) is 0 Å². The van der Waals surface area contributed by atoms with Gasteiger partial charge in [-0.3, -0.25) is 0 Å². The summed E-state index contributed by atoms with van der Waals surface area (Å²) in [5, 5.41) is 20.9. The number of carboxylic acid groups (broad SMARTS) is 1. The fraction of sp³-hybridized carbons (Fsp3) is 0.462. The average Bonchev–Trinajstić information content (AvgIpc) is 2.38. The van der Waals surface area contributed by atoms with Gasteiger partial charge in [-0.2, -0.15) is 0 Å². The second-order valence-electron chi connectivity index (χ2n) is 3.96. The molecule has 1 aromatic rings. The molecule has 0 aliphatic rings. The van der Waals surface area contributed by atoms with Gasteiger partial charge >= 0.3 is 5.97 Å². The Morgan fingerprint density at radius 1 is 1.44 bits per heavy atom. The van der Waals surface area contributed by atoms with E-state index in [9.17, 15) is 4.79 Å². The first-order valence-corrected chi connectivity index (χ1v) is 5.94. The zero-order valence-corrected chi connectivity index (χ0v) is 10.4. The van der Waals surface area contributed by atoms with E-state index in [0.29, 0.717) is 12.3 Å². The highest BCUT2D eigenvalue weighted by Crippen LogP contribution is 2.17. The maximum atomic E-state index is 10.5. The SMILES string of the molecule is CCC(CO)NCc1ccccc1OCC(=O)O. The highest BCUT2D eigenvalue weighted by Gasteiger charge is 2.08. The molecule has 0 aliphatic heterocycles. The van der Waals surface area contributed by atoms with Crippen molar-refractivity contribution in [2.45, 2.75) is 25.9 Å². The molecule has 0 radical (unpaired) electrons. The third kappa shape index (κ3) is 4.73. The molecular weight excluding hydrogens is 234 g/mol. The van der Waals surface area contributed by atoms with Crippen molar-refractivity contribution in [3.8, 4) is 5.75 Å². The van der Waals surface area contributed by atoms with Crippen molar-refractivity contribution in [1.82, 2.24) is 5.32 Å². The minimum atomic E-state index is -1.00. The molecule has 18 heavy (non-hydrogen) atoms. The minimum Gasteiger partial charge on any atom is -0.482 e. The Kier molecular flexibility index (Phi) is 6.18. The number of ether oxygens (including phenoxy) is 1. The number of hydrogen-bond acceptors (Lipinski definition) is 4. The summed E-state index contributed by atoms with van der Waals surface area (Å²) < 4.78 is 5.20. The molecule has 1 unspecified atom stereocenters. The van der Waals surface area contributed by atoms with Gasteiger partial charge in [0.2, 0.25) is 0 Å². The highest BCUT2D eigenvalue weighted by atomic mass is 16.5. The van der Waals surface area contributed by atoms with Crippen LogP contribution in [-0.4, -0.2) is 35.4 Å². The lowest BCUT2D eigenvalue weighted by atomic mass is 10.1. The first-order valence-electron chi connectivity index (χ1n) is 5.94. The number of aliphatic hydroxyl groups excluding tert-OH is 1. The topological polar surface area (TPSA) is 78.8 Å². The van der Waals surface area contributed by atoms with E-state index in [1.807, 2.05) is 19.1 Å². The number of benzene rings is 1. The van der Waals surface area contributed by atoms with Crippen molar-refractivity contribution in [3.63, 3.8) is 0 Å². The van der Waals surface area contributed by atoms with Crippen LogP contribution in [0, 0.1) is 0 Å². The Labute approximate surface area is 106 Å². The van der Waals surface area contributed by atoms with E-state index in [2.05, 4.69) is 5.32 Å². The van der Waals surface area contributed by atoms with Gasteiger partial charge in [0.05, 0.1) is 6.61 Å². The predicted molar refractivity (Wildman–Crippen MR) is 67.6 cm³/mol. The smallest absolute Gasteiger partial charge is 0.341 e. The van der Waals surface area contributed by atoms with Crippen LogP contribution in [0.4, 0.5) is 0 Å². The fourth-order valence-electron chi connectivity index (χ4n) is 1.52. The summed E-state index contributed by atoms with van der Waals surface area (Å²) in [4.78, 5) is 10.5. The average molecular weight is 253 g/mol. The van der Waals surface area contributed by atoms with E-state index in [4.69, 9.17) is 14.9 Å². The molecular formula is C13H19NO4. The number of nitrogens with one attached hydrogen (secondary N) is 1. The zero-order valence-electron chi connectivity index (χ0n) is 10.4. The number of rotatable bonds is 8. The van der Waals surface area contributed by atoms with Crippen molar-refractivity contribution in [1.29, 1.82) is 0 Å². The number of hydrogen-bond donors (Lipinski definition) is 3. The van der Waals surface area contributed by atoms with Crippen molar-refractivity contribution in [2.75, 3.05) is 13.2 Å². The lowest BCUT2D eigenvalue weighted by molar-refractivity contribution is -0.139. The Morgan fingerprint density at radius 2 is 2.17 bits per heavy atom. The lowest BCUT2D eigenvalue weighted by Crippen LogP contribution is -2.31. The van der Waals surface area contributed by atoms with Crippen LogP contribution in [0.15, 0.2) is 24.3 Å². The Balaban J connectivity index is 2.61. The van der Waals surface area contributed by atoms with Crippen LogP contribution in [0.2, 0.25) is 0 Å². The normalized spacial score (nSPS) is 12.1. The molecule has 0 amide bonds. The first kappa shape index (κ1) is 14.5. The lowest BCUT2D eigenvalue weighted by Gasteiger charge is -2.15. The molecule has 1 rings (SSSR count). The van der Waals surface area contributed by atoms with Gasteiger partial charge in [-0.05, 0) is 12.5 Å². The van der Waals surface area contributed by atoms with Gasteiger partial charge in [-0.25, -0.2) is 4.79 Å². The fourth-order valence-corrected chi connectivity index (χ4v) is 1.52. The summed E-state index contributed by atoms with van der Waals surface area (Å²) in [6.07, 6.45) is 0.828. The number of carboxylic acids is 1.